The van der Waals surface area contributed by atoms with E-state index in [2.05, 4.69) is 5.32 Å². The molecule has 0 heterocycles. The SMILES string of the molecule is O=C(O)c1cccc([N+](=O)[O-])c1C(=O)Nc1ccccc1-c1ccccc1. The van der Waals surface area contributed by atoms with Gasteiger partial charge in [-0.2, -0.15) is 0 Å². The molecule has 1 amide bonds. The molecule has 27 heavy (non-hydrogen) atoms. The number of rotatable bonds is 5. The minimum Gasteiger partial charge on any atom is -0.478 e. The summed E-state index contributed by atoms with van der Waals surface area (Å²) in [6.45, 7) is 0. The summed E-state index contributed by atoms with van der Waals surface area (Å²) in [7, 11) is 0. The summed E-state index contributed by atoms with van der Waals surface area (Å²) < 4.78 is 0. The van der Waals surface area contributed by atoms with Crippen LogP contribution in [0.4, 0.5) is 11.4 Å². The number of amides is 1. The Balaban J connectivity index is 2.06. The number of carbonyl (C=O) groups is 2. The van der Waals surface area contributed by atoms with Crippen molar-refractivity contribution in [2.45, 2.75) is 0 Å². The van der Waals surface area contributed by atoms with Crippen molar-refractivity contribution in [3.8, 4) is 11.1 Å². The molecule has 7 heteroatoms. The molecular formula is C20H14N2O5. The van der Waals surface area contributed by atoms with Gasteiger partial charge in [-0.15, -0.1) is 0 Å². The third kappa shape index (κ3) is 3.67. The number of benzene rings is 3. The van der Waals surface area contributed by atoms with Crippen LogP contribution in [0.3, 0.4) is 0 Å². The number of para-hydroxylation sites is 1. The molecule has 0 spiro atoms. The van der Waals surface area contributed by atoms with Crippen molar-refractivity contribution >= 4 is 23.3 Å². The lowest BCUT2D eigenvalue weighted by atomic mass is 10.0. The first kappa shape index (κ1) is 17.8. The van der Waals surface area contributed by atoms with Gasteiger partial charge in [0.2, 0.25) is 0 Å². The van der Waals surface area contributed by atoms with Crippen LogP contribution >= 0.6 is 0 Å². The average Bonchev–Trinajstić information content (AvgIpc) is 2.68. The van der Waals surface area contributed by atoms with Crippen molar-refractivity contribution in [3.63, 3.8) is 0 Å². The average molecular weight is 362 g/mol. The smallest absolute Gasteiger partial charge is 0.336 e. The molecule has 3 aromatic rings. The standard InChI is InChI=1S/C20H14N2O5/c23-19(18-15(20(24)25)10-6-12-17(18)22(26)27)21-16-11-5-4-9-14(16)13-7-2-1-3-8-13/h1-12H,(H,21,23)(H,24,25). The molecule has 0 aliphatic carbocycles. The number of nitro groups is 1. The minimum absolute atomic E-state index is 0.420. The Morgan fingerprint density at radius 3 is 2.22 bits per heavy atom. The number of aromatic carboxylic acids is 1. The summed E-state index contributed by atoms with van der Waals surface area (Å²) in [5.74, 6) is -2.27. The molecule has 3 aromatic carbocycles. The maximum atomic E-state index is 12.8. The quantitative estimate of drug-likeness (QED) is 0.522. The van der Waals surface area contributed by atoms with Crippen molar-refractivity contribution in [1.82, 2.24) is 0 Å². The molecule has 0 aliphatic heterocycles. The summed E-state index contributed by atoms with van der Waals surface area (Å²) in [5.41, 5.74) is 0.487. The molecule has 3 rings (SSSR count). The number of anilines is 1. The van der Waals surface area contributed by atoms with Crippen LogP contribution < -0.4 is 5.32 Å². The predicted octanol–water partition coefficient (Wildman–Crippen LogP) is 4.21. The molecule has 0 radical (unpaired) electrons. The highest BCUT2D eigenvalue weighted by Crippen LogP contribution is 2.29. The van der Waals surface area contributed by atoms with Gasteiger partial charge in [0.15, 0.2) is 0 Å². The van der Waals surface area contributed by atoms with E-state index in [1.165, 1.54) is 6.07 Å². The van der Waals surface area contributed by atoms with E-state index in [0.717, 1.165) is 17.7 Å². The molecule has 0 saturated heterocycles. The van der Waals surface area contributed by atoms with Crippen LogP contribution in [-0.4, -0.2) is 21.9 Å². The number of nitrogens with one attached hydrogen (secondary N) is 1. The van der Waals surface area contributed by atoms with Crippen LogP contribution in [0.1, 0.15) is 20.7 Å². The lowest BCUT2D eigenvalue weighted by molar-refractivity contribution is -0.385. The fourth-order valence-corrected chi connectivity index (χ4v) is 2.76. The van der Waals surface area contributed by atoms with E-state index in [4.69, 9.17) is 0 Å². The Kier molecular flexibility index (Phi) is 4.94. The second-order valence-electron chi connectivity index (χ2n) is 5.63. The van der Waals surface area contributed by atoms with E-state index < -0.39 is 33.6 Å². The highest BCUT2D eigenvalue weighted by atomic mass is 16.6. The van der Waals surface area contributed by atoms with Crippen molar-refractivity contribution < 1.29 is 19.6 Å². The molecule has 0 fully saturated rings. The molecule has 0 saturated carbocycles. The number of hydrogen-bond donors (Lipinski definition) is 2. The van der Waals surface area contributed by atoms with Gasteiger partial charge in [0.1, 0.15) is 5.56 Å². The maximum Gasteiger partial charge on any atom is 0.336 e. The first-order valence-electron chi connectivity index (χ1n) is 7.95. The van der Waals surface area contributed by atoms with Crippen LogP contribution in [0.2, 0.25) is 0 Å². The van der Waals surface area contributed by atoms with Gasteiger partial charge >= 0.3 is 5.97 Å². The molecule has 0 aromatic heterocycles. The molecular weight excluding hydrogens is 348 g/mol. The zero-order valence-corrected chi connectivity index (χ0v) is 14.0. The monoisotopic (exact) mass is 362 g/mol. The number of nitrogens with zero attached hydrogens (tertiary/aromatic N) is 1. The maximum absolute atomic E-state index is 12.8. The number of carbonyl (C=O) groups excluding carboxylic acids is 1. The fourth-order valence-electron chi connectivity index (χ4n) is 2.76. The number of carboxylic acids is 1. The molecule has 0 bridgehead atoms. The first-order chi connectivity index (χ1) is 13.0. The van der Waals surface area contributed by atoms with Crippen molar-refractivity contribution in [3.05, 3.63) is 94.0 Å². The minimum atomic E-state index is -1.42. The van der Waals surface area contributed by atoms with Gasteiger partial charge in [-0.25, -0.2) is 4.79 Å². The van der Waals surface area contributed by atoms with Crippen LogP contribution in [0.15, 0.2) is 72.8 Å². The Hall–Kier alpha value is -4.00. The van der Waals surface area contributed by atoms with Gasteiger partial charge in [0, 0.05) is 17.3 Å². The van der Waals surface area contributed by atoms with Gasteiger partial charge in [0.05, 0.1) is 10.5 Å². The largest absolute Gasteiger partial charge is 0.478 e. The normalized spacial score (nSPS) is 10.2. The fraction of sp³-hybridized carbons (Fsp3) is 0. The van der Waals surface area contributed by atoms with Gasteiger partial charge in [0.25, 0.3) is 11.6 Å². The Bertz CT molecular complexity index is 999. The van der Waals surface area contributed by atoms with Crippen LogP contribution in [-0.2, 0) is 0 Å². The highest BCUT2D eigenvalue weighted by molar-refractivity contribution is 6.14. The van der Waals surface area contributed by atoms with Crippen molar-refractivity contribution in [1.29, 1.82) is 0 Å². The summed E-state index contributed by atoms with van der Waals surface area (Å²) in [6.07, 6.45) is 0. The molecule has 0 unspecified atom stereocenters. The van der Waals surface area contributed by atoms with E-state index in [1.54, 1.807) is 24.3 Å². The van der Waals surface area contributed by atoms with E-state index in [1.807, 2.05) is 30.3 Å². The Labute approximate surface area is 154 Å². The predicted molar refractivity (Wildman–Crippen MR) is 99.9 cm³/mol. The molecule has 7 nitrogen and oxygen atoms in total. The van der Waals surface area contributed by atoms with Gasteiger partial charge in [-0.1, -0.05) is 54.6 Å². The van der Waals surface area contributed by atoms with Crippen molar-refractivity contribution in [2.75, 3.05) is 5.32 Å². The zero-order chi connectivity index (χ0) is 19.4. The lowest BCUT2D eigenvalue weighted by Gasteiger charge is -2.12. The Morgan fingerprint density at radius 1 is 0.889 bits per heavy atom. The second-order valence-corrected chi connectivity index (χ2v) is 5.63. The highest BCUT2D eigenvalue weighted by Gasteiger charge is 2.27. The third-order valence-corrected chi connectivity index (χ3v) is 3.96. The number of nitro benzene ring substituents is 1. The summed E-state index contributed by atoms with van der Waals surface area (Å²) in [4.78, 5) is 34.7. The summed E-state index contributed by atoms with van der Waals surface area (Å²) >= 11 is 0. The second kappa shape index (κ2) is 7.49. The topological polar surface area (TPSA) is 110 Å². The zero-order valence-electron chi connectivity index (χ0n) is 14.0. The van der Waals surface area contributed by atoms with Gasteiger partial charge in [-0.05, 0) is 17.7 Å². The number of hydrogen-bond acceptors (Lipinski definition) is 4. The van der Waals surface area contributed by atoms with E-state index in [-0.39, 0.29) is 0 Å². The summed E-state index contributed by atoms with van der Waals surface area (Å²) in [5, 5.41) is 23.2. The lowest BCUT2D eigenvalue weighted by Crippen LogP contribution is -2.18. The molecule has 0 aliphatic rings. The molecule has 2 N–H and O–H groups in total. The Morgan fingerprint density at radius 2 is 1.56 bits per heavy atom. The molecule has 0 atom stereocenters. The van der Waals surface area contributed by atoms with E-state index in [0.29, 0.717) is 11.3 Å². The van der Waals surface area contributed by atoms with E-state index >= 15 is 0 Å². The van der Waals surface area contributed by atoms with E-state index in [9.17, 15) is 24.8 Å². The van der Waals surface area contributed by atoms with Gasteiger partial charge in [-0.3, -0.25) is 14.9 Å². The van der Waals surface area contributed by atoms with Crippen LogP contribution in [0.25, 0.3) is 11.1 Å². The van der Waals surface area contributed by atoms with Crippen LogP contribution in [0.5, 0.6) is 0 Å². The summed E-state index contributed by atoms with van der Waals surface area (Å²) in [6, 6.07) is 19.7. The van der Waals surface area contributed by atoms with Gasteiger partial charge < -0.3 is 10.4 Å². The van der Waals surface area contributed by atoms with Crippen molar-refractivity contribution in [2.24, 2.45) is 0 Å². The molecule has 134 valence electrons. The third-order valence-electron chi connectivity index (χ3n) is 3.96. The van der Waals surface area contributed by atoms with Crippen LogP contribution in [0, 0.1) is 10.1 Å². The number of carboxylic acid groups (broad SMARTS) is 1. The first-order valence-corrected chi connectivity index (χ1v) is 7.95.